The molecule has 236 valence electrons. The summed E-state index contributed by atoms with van der Waals surface area (Å²) in [6.45, 7) is 17.2. The summed E-state index contributed by atoms with van der Waals surface area (Å²) in [6, 6.07) is 14.1. The van der Waals surface area contributed by atoms with Crippen LogP contribution in [-0.4, -0.2) is 36.6 Å². The number of benzene rings is 2. The smallest absolute Gasteiger partial charge is 0.399 e. The zero-order valence-electron chi connectivity index (χ0n) is 28.7. The minimum atomic E-state index is -0.386. The Kier molecular flexibility index (Phi) is 6.69. The third-order valence-corrected chi connectivity index (χ3v) is 13.3. The predicted molar refractivity (Wildman–Crippen MR) is 185 cm³/mol. The van der Waals surface area contributed by atoms with E-state index in [0.29, 0.717) is 11.8 Å². The highest BCUT2D eigenvalue weighted by Gasteiger charge is 2.59. The first-order valence-electron chi connectivity index (χ1n) is 17.7. The van der Waals surface area contributed by atoms with Gasteiger partial charge in [-0.15, -0.1) is 0 Å². The van der Waals surface area contributed by atoms with Gasteiger partial charge in [0.05, 0.1) is 22.4 Å². The van der Waals surface area contributed by atoms with Gasteiger partial charge in [0.15, 0.2) is 0 Å². The lowest BCUT2D eigenvalue weighted by Gasteiger charge is -2.45. The van der Waals surface area contributed by atoms with E-state index < -0.39 is 0 Å². The highest BCUT2D eigenvalue weighted by molar-refractivity contribution is 6.62. The van der Waals surface area contributed by atoms with Crippen molar-refractivity contribution in [1.29, 1.82) is 0 Å². The van der Waals surface area contributed by atoms with Crippen LogP contribution in [0.15, 0.2) is 47.5 Å². The van der Waals surface area contributed by atoms with Crippen LogP contribution in [0.25, 0.3) is 12.2 Å². The van der Waals surface area contributed by atoms with E-state index in [9.17, 15) is 0 Å². The van der Waals surface area contributed by atoms with Crippen LogP contribution in [0, 0.1) is 11.8 Å². The van der Waals surface area contributed by atoms with Gasteiger partial charge >= 0.3 is 14.2 Å². The topological polar surface area (TPSA) is 36.9 Å². The second-order valence-corrected chi connectivity index (χ2v) is 16.7. The molecule has 0 aromatic heterocycles. The first kappa shape index (κ1) is 30.2. The van der Waals surface area contributed by atoms with Crippen LogP contribution >= 0.6 is 0 Å². The maximum absolute atomic E-state index is 6.65. The van der Waals surface area contributed by atoms with E-state index in [1.807, 2.05) is 0 Å². The highest BCUT2D eigenvalue weighted by Crippen LogP contribution is 2.65. The maximum Gasteiger partial charge on any atom is 0.494 e. The van der Waals surface area contributed by atoms with Gasteiger partial charge in [0.25, 0.3) is 0 Å². The molecule has 6 heteroatoms. The van der Waals surface area contributed by atoms with Crippen LogP contribution in [0.2, 0.25) is 0 Å². The van der Waals surface area contributed by atoms with Gasteiger partial charge in [0.1, 0.15) is 0 Å². The molecular weight excluding hydrogens is 554 g/mol. The van der Waals surface area contributed by atoms with E-state index in [0.717, 1.165) is 10.9 Å². The number of fused-ring (bicyclic) bond motifs is 8. The average molecular weight is 604 g/mol. The van der Waals surface area contributed by atoms with Gasteiger partial charge in [0.2, 0.25) is 0 Å². The lowest BCUT2D eigenvalue weighted by atomic mass is 9.57. The predicted octanol–water partition coefficient (Wildman–Crippen LogP) is 7.75. The Balaban J connectivity index is 1.36. The molecule has 0 radical (unpaired) electrons. The van der Waals surface area contributed by atoms with Crippen LogP contribution in [0.4, 0.5) is 0 Å². The molecule has 1 spiro atoms. The van der Waals surface area contributed by atoms with Crippen molar-refractivity contribution in [2.45, 2.75) is 135 Å². The monoisotopic (exact) mass is 604 g/mol. The molecule has 6 aliphatic rings. The van der Waals surface area contributed by atoms with E-state index in [1.165, 1.54) is 73.6 Å². The Morgan fingerprint density at radius 2 is 1.04 bits per heavy atom. The first-order valence-corrected chi connectivity index (χ1v) is 17.7. The molecule has 2 aliphatic heterocycles. The Hall–Kier alpha value is -2.11. The molecule has 0 bridgehead atoms. The summed E-state index contributed by atoms with van der Waals surface area (Å²) in [4.78, 5) is 0. The fourth-order valence-corrected chi connectivity index (χ4v) is 9.50. The molecule has 0 amide bonds. The van der Waals surface area contributed by atoms with Crippen molar-refractivity contribution in [2.24, 2.45) is 11.8 Å². The Labute approximate surface area is 271 Å². The van der Waals surface area contributed by atoms with Crippen LogP contribution in [0.5, 0.6) is 0 Å². The molecule has 4 nitrogen and oxygen atoms in total. The molecular formula is C39H50B2O4. The van der Waals surface area contributed by atoms with Gasteiger partial charge in [-0.05, 0) is 139 Å². The van der Waals surface area contributed by atoms with Crippen molar-refractivity contribution in [3.8, 4) is 0 Å². The normalized spacial score (nSPS) is 29.8. The van der Waals surface area contributed by atoms with Crippen molar-refractivity contribution < 1.29 is 18.6 Å². The zero-order valence-corrected chi connectivity index (χ0v) is 28.7. The van der Waals surface area contributed by atoms with Crippen LogP contribution < -0.4 is 10.9 Å². The fraction of sp³-hybridized carbons (Fsp3) is 0.590. The third-order valence-electron chi connectivity index (χ3n) is 13.3. The third kappa shape index (κ3) is 4.27. The van der Waals surface area contributed by atoms with Crippen molar-refractivity contribution in [3.63, 3.8) is 0 Å². The maximum atomic E-state index is 6.65. The second-order valence-electron chi connectivity index (χ2n) is 16.7. The van der Waals surface area contributed by atoms with Gasteiger partial charge in [-0.25, -0.2) is 0 Å². The van der Waals surface area contributed by atoms with Gasteiger partial charge in [-0.2, -0.15) is 0 Å². The minimum absolute atomic E-state index is 0.186. The molecule has 45 heavy (non-hydrogen) atoms. The van der Waals surface area contributed by atoms with Crippen LogP contribution in [-0.2, 0) is 24.0 Å². The Morgan fingerprint density at radius 3 is 1.56 bits per heavy atom. The highest BCUT2D eigenvalue weighted by atomic mass is 16.7. The number of hydrogen-bond acceptors (Lipinski definition) is 4. The molecule has 4 aliphatic carbocycles. The molecule has 8 rings (SSSR count). The van der Waals surface area contributed by atoms with Crippen molar-refractivity contribution in [3.05, 3.63) is 69.8 Å². The number of rotatable bonds is 2. The van der Waals surface area contributed by atoms with Crippen LogP contribution in [0.1, 0.15) is 129 Å². The quantitative estimate of drug-likeness (QED) is 0.260. The van der Waals surface area contributed by atoms with Crippen molar-refractivity contribution in [1.82, 2.24) is 0 Å². The van der Waals surface area contributed by atoms with E-state index in [4.69, 9.17) is 18.6 Å². The summed E-state index contributed by atoms with van der Waals surface area (Å²) in [6.07, 6.45) is 15.0. The average Bonchev–Trinajstić information content (AvgIpc) is 3.46. The molecule has 2 atom stereocenters. The molecule has 1 saturated carbocycles. The SMILES string of the molecule is CC1(C)OB(c2ccc3c(c2)C2(C4=C(CCCC4)[C@H]4CCCCC42)c2cc(B4OC(C)(C)C(C)(C)O4)ccc2C=C3)OC1(C)C. The van der Waals surface area contributed by atoms with E-state index in [-0.39, 0.29) is 42.1 Å². The van der Waals surface area contributed by atoms with Gasteiger partial charge in [0, 0.05) is 5.41 Å². The van der Waals surface area contributed by atoms with Gasteiger partial charge in [-0.1, -0.05) is 72.5 Å². The summed E-state index contributed by atoms with van der Waals surface area (Å²) in [7, 11) is -0.771. The van der Waals surface area contributed by atoms with E-state index in [1.54, 1.807) is 11.1 Å². The summed E-state index contributed by atoms with van der Waals surface area (Å²) >= 11 is 0. The standard InChI is InChI=1S/C39H50B2O4/c1-35(2)36(3,4)43-40(42-35)27-21-19-25-17-18-26-20-22-28(41-44-37(5,6)38(7,8)45-41)24-34(26)39(33(25)23-27)31-15-11-9-13-29(31)30-14-10-12-16-32(30)39/h17-24,29,31H,9-16H2,1-8H3/t29-,31?/m1/s1. The molecule has 2 aromatic carbocycles. The zero-order chi connectivity index (χ0) is 31.6. The molecule has 1 unspecified atom stereocenters. The summed E-state index contributed by atoms with van der Waals surface area (Å²) in [5.74, 6) is 1.21. The first-order chi connectivity index (χ1) is 21.3. The second kappa shape index (κ2) is 9.95. The summed E-state index contributed by atoms with van der Waals surface area (Å²) in [5.41, 5.74) is 9.58. The van der Waals surface area contributed by atoms with Crippen molar-refractivity contribution >= 4 is 37.3 Å². The van der Waals surface area contributed by atoms with Gasteiger partial charge < -0.3 is 18.6 Å². The molecule has 2 heterocycles. The Morgan fingerprint density at radius 1 is 0.578 bits per heavy atom. The lowest BCUT2D eigenvalue weighted by molar-refractivity contribution is 0.00578. The number of allylic oxidation sites excluding steroid dienone is 2. The van der Waals surface area contributed by atoms with E-state index in [2.05, 4.69) is 104 Å². The molecule has 3 fully saturated rings. The largest absolute Gasteiger partial charge is 0.494 e. The fourth-order valence-electron chi connectivity index (χ4n) is 9.50. The summed E-state index contributed by atoms with van der Waals surface area (Å²) < 4.78 is 26.6. The molecule has 2 aromatic rings. The lowest BCUT2D eigenvalue weighted by Crippen LogP contribution is -2.43. The molecule has 0 N–H and O–H groups in total. The Bertz CT molecular complexity index is 1490. The van der Waals surface area contributed by atoms with E-state index >= 15 is 0 Å². The van der Waals surface area contributed by atoms with Crippen molar-refractivity contribution in [2.75, 3.05) is 0 Å². The summed E-state index contributed by atoms with van der Waals surface area (Å²) in [5, 5.41) is 0. The van der Waals surface area contributed by atoms with Gasteiger partial charge in [-0.3, -0.25) is 0 Å². The minimum Gasteiger partial charge on any atom is -0.399 e. The number of hydrogen-bond donors (Lipinski definition) is 0. The molecule has 2 saturated heterocycles. The van der Waals surface area contributed by atoms with Crippen LogP contribution in [0.3, 0.4) is 0 Å².